The molecule has 0 aliphatic carbocycles. The highest BCUT2D eigenvalue weighted by Crippen LogP contribution is 2.23. The van der Waals surface area contributed by atoms with E-state index in [0.717, 1.165) is 18.2 Å². The fourth-order valence-corrected chi connectivity index (χ4v) is 1.72. The van der Waals surface area contributed by atoms with Crippen molar-refractivity contribution in [3.8, 4) is 11.6 Å². The molecule has 17 heavy (non-hydrogen) atoms. The molecule has 2 aromatic rings. The summed E-state index contributed by atoms with van der Waals surface area (Å²) in [7, 11) is 0. The lowest BCUT2D eigenvalue weighted by Crippen LogP contribution is -1.94. The maximum atomic E-state index is 12.9. The van der Waals surface area contributed by atoms with Gasteiger partial charge in [0.2, 0.25) is 5.88 Å². The number of halogens is 3. The van der Waals surface area contributed by atoms with Gasteiger partial charge >= 0.3 is 0 Å². The first-order valence-corrected chi connectivity index (χ1v) is 5.47. The Bertz CT molecular complexity index is 473. The molecule has 3 nitrogen and oxygen atoms in total. The number of benzene rings is 1. The summed E-state index contributed by atoms with van der Waals surface area (Å²) in [5.41, 5.74) is 0. The van der Waals surface area contributed by atoms with Crippen molar-refractivity contribution >= 4 is 15.9 Å². The molecule has 2 rings (SSSR count). The molecule has 0 saturated carbocycles. The van der Waals surface area contributed by atoms with Crippen LogP contribution in [0.5, 0.6) is 11.6 Å². The number of rotatable bonds is 2. The van der Waals surface area contributed by atoms with Crippen LogP contribution in [-0.2, 0) is 0 Å². The average Bonchev–Trinajstić information content (AvgIpc) is 2.13. The number of aromatic nitrogens is 2. The SMILES string of the molecule is Cc1nc(Br)cc(Oc2cc(F)cc(F)c2)n1. The molecule has 88 valence electrons. The van der Waals surface area contributed by atoms with Gasteiger partial charge in [-0.15, -0.1) is 0 Å². The summed E-state index contributed by atoms with van der Waals surface area (Å²) in [4.78, 5) is 7.97. The minimum absolute atomic E-state index is 0.0486. The van der Waals surface area contributed by atoms with Crippen LogP contribution in [0.1, 0.15) is 5.82 Å². The summed E-state index contributed by atoms with van der Waals surface area (Å²) in [5, 5.41) is 0. The quantitative estimate of drug-likeness (QED) is 0.795. The molecule has 1 aromatic heterocycles. The van der Waals surface area contributed by atoms with Crippen molar-refractivity contribution in [2.24, 2.45) is 0 Å². The lowest BCUT2D eigenvalue weighted by Gasteiger charge is -2.05. The largest absolute Gasteiger partial charge is 0.439 e. The monoisotopic (exact) mass is 300 g/mol. The van der Waals surface area contributed by atoms with Gasteiger partial charge in [-0.3, -0.25) is 0 Å². The highest BCUT2D eigenvalue weighted by molar-refractivity contribution is 9.10. The number of ether oxygens (including phenoxy) is 1. The Hall–Kier alpha value is -1.56. The number of hydrogen-bond acceptors (Lipinski definition) is 3. The van der Waals surface area contributed by atoms with Gasteiger partial charge in [-0.05, 0) is 22.9 Å². The molecule has 1 heterocycles. The molecular weight excluding hydrogens is 294 g/mol. The molecule has 0 atom stereocenters. The highest BCUT2D eigenvalue weighted by atomic mass is 79.9. The molecule has 6 heteroatoms. The van der Waals surface area contributed by atoms with Crippen LogP contribution in [0.3, 0.4) is 0 Å². The van der Waals surface area contributed by atoms with E-state index in [1.54, 1.807) is 6.92 Å². The Kier molecular flexibility index (Phi) is 3.33. The second-order valence-corrected chi connectivity index (χ2v) is 4.10. The topological polar surface area (TPSA) is 35.0 Å². The molecular formula is C11H7BrF2N2O. The minimum Gasteiger partial charge on any atom is -0.439 e. The van der Waals surface area contributed by atoms with Crippen LogP contribution < -0.4 is 4.74 Å². The molecule has 0 unspecified atom stereocenters. The first-order valence-electron chi connectivity index (χ1n) is 4.68. The van der Waals surface area contributed by atoms with E-state index in [4.69, 9.17) is 4.74 Å². The zero-order valence-electron chi connectivity index (χ0n) is 8.75. The zero-order valence-corrected chi connectivity index (χ0v) is 10.3. The first-order chi connectivity index (χ1) is 8.02. The van der Waals surface area contributed by atoms with Gasteiger partial charge in [0.25, 0.3) is 0 Å². The van der Waals surface area contributed by atoms with E-state index in [2.05, 4.69) is 25.9 Å². The predicted octanol–water partition coefficient (Wildman–Crippen LogP) is 3.62. The molecule has 0 aliphatic rings. The molecule has 0 radical (unpaired) electrons. The van der Waals surface area contributed by atoms with Crippen LogP contribution in [0.25, 0.3) is 0 Å². The smallest absolute Gasteiger partial charge is 0.223 e. The maximum absolute atomic E-state index is 12.9. The molecule has 0 bridgehead atoms. The normalized spacial score (nSPS) is 10.4. The molecule has 0 fully saturated rings. The number of hydrogen-bond donors (Lipinski definition) is 0. The van der Waals surface area contributed by atoms with Gasteiger partial charge in [-0.25, -0.2) is 13.8 Å². The Labute approximate surface area is 105 Å². The summed E-state index contributed by atoms with van der Waals surface area (Å²) >= 11 is 3.18. The third-order valence-corrected chi connectivity index (χ3v) is 2.25. The molecule has 1 aromatic carbocycles. The second kappa shape index (κ2) is 4.75. The van der Waals surface area contributed by atoms with Crippen LogP contribution in [0.15, 0.2) is 28.9 Å². The molecule has 0 saturated heterocycles. The van der Waals surface area contributed by atoms with E-state index < -0.39 is 11.6 Å². The number of aryl methyl sites for hydroxylation is 1. The van der Waals surface area contributed by atoms with Gasteiger partial charge in [0, 0.05) is 24.3 Å². The lowest BCUT2D eigenvalue weighted by atomic mass is 10.3. The molecule has 0 spiro atoms. The van der Waals surface area contributed by atoms with Crippen LogP contribution in [-0.4, -0.2) is 9.97 Å². The second-order valence-electron chi connectivity index (χ2n) is 3.28. The molecule has 0 aliphatic heterocycles. The Morgan fingerprint density at radius 3 is 2.29 bits per heavy atom. The van der Waals surface area contributed by atoms with Gasteiger partial charge in [-0.1, -0.05) is 0 Å². The Morgan fingerprint density at radius 2 is 1.71 bits per heavy atom. The van der Waals surface area contributed by atoms with Crippen molar-refractivity contribution in [2.75, 3.05) is 0 Å². The van der Waals surface area contributed by atoms with Crippen molar-refractivity contribution in [3.63, 3.8) is 0 Å². The van der Waals surface area contributed by atoms with E-state index in [1.165, 1.54) is 6.07 Å². The van der Waals surface area contributed by atoms with Crippen molar-refractivity contribution in [1.82, 2.24) is 9.97 Å². The van der Waals surface area contributed by atoms with Gasteiger partial charge < -0.3 is 4.74 Å². The first kappa shape index (κ1) is 11.9. The summed E-state index contributed by atoms with van der Waals surface area (Å²) in [6.45, 7) is 1.68. The van der Waals surface area contributed by atoms with Crippen LogP contribution in [0.4, 0.5) is 8.78 Å². The Morgan fingerprint density at radius 1 is 1.06 bits per heavy atom. The van der Waals surface area contributed by atoms with Crippen LogP contribution in [0.2, 0.25) is 0 Å². The summed E-state index contributed by atoms with van der Waals surface area (Å²) in [6, 6.07) is 4.44. The average molecular weight is 301 g/mol. The molecule has 0 amide bonds. The van der Waals surface area contributed by atoms with Crippen molar-refractivity contribution in [1.29, 1.82) is 0 Å². The van der Waals surface area contributed by atoms with E-state index in [9.17, 15) is 8.78 Å². The van der Waals surface area contributed by atoms with Crippen LogP contribution in [0, 0.1) is 18.6 Å². The van der Waals surface area contributed by atoms with Crippen molar-refractivity contribution in [3.05, 3.63) is 46.3 Å². The van der Waals surface area contributed by atoms with Crippen molar-refractivity contribution in [2.45, 2.75) is 6.92 Å². The zero-order chi connectivity index (χ0) is 12.4. The van der Waals surface area contributed by atoms with Gasteiger partial charge in [0.05, 0.1) is 0 Å². The van der Waals surface area contributed by atoms with Gasteiger partial charge in [0.1, 0.15) is 27.8 Å². The van der Waals surface area contributed by atoms with Gasteiger partial charge in [0.15, 0.2) is 0 Å². The van der Waals surface area contributed by atoms with Gasteiger partial charge in [-0.2, -0.15) is 4.98 Å². The highest BCUT2D eigenvalue weighted by Gasteiger charge is 2.05. The fourth-order valence-electron chi connectivity index (χ4n) is 1.27. The van der Waals surface area contributed by atoms with E-state index in [1.807, 2.05) is 0 Å². The third-order valence-electron chi connectivity index (χ3n) is 1.84. The Balaban J connectivity index is 2.31. The van der Waals surface area contributed by atoms with E-state index >= 15 is 0 Å². The summed E-state index contributed by atoms with van der Waals surface area (Å²) in [5.74, 6) is -0.650. The van der Waals surface area contributed by atoms with E-state index in [0.29, 0.717) is 10.4 Å². The molecule has 0 N–H and O–H groups in total. The standard InChI is InChI=1S/C11H7BrF2N2O/c1-6-15-10(12)5-11(16-6)17-9-3-7(13)2-8(14)4-9/h2-5H,1H3. The minimum atomic E-state index is -0.704. The maximum Gasteiger partial charge on any atom is 0.223 e. The summed E-state index contributed by atoms with van der Waals surface area (Å²) < 4.78 is 31.6. The summed E-state index contributed by atoms with van der Waals surface area (Å²) in [6.07, 6.45) is 0. The fraction of sp³-hybridized carbons (Fsp3) is 0.0909. The number of nitrogens with zero attached hydrogens (tertiary/aromatic N) is 2. The van der Waals surface area contributed by atoms with E-state index in [-0.39, 0.29) is 11.6 Å². The lowest BCUT2D eigenvalue weighted by molar-refractivity contribution is 0.448. The van der Waals surface area contributed by atoms with Crippen LogP contribution >= 0.6 is 15.9 Å². The van der Waals surface area contributed by atoms with Crippen molar-refractivity contribution < 1.29 is 13.5 Å². The third kappa shape index (κ3) is 3.20. The predicted molar refractivity (Wildman–Crippen MR) is 60.9 cm³/mol.